The molecular formula is C10H18OSi. The second-order valence-corrected chi connectivity index (χ2v) is 9.30. The van der Waals surface area contributed by atoms with Gasteiger partial charge in [0.2, 0.25) is 0 Å². The van der Waals surface area contributed by atoms with Crippen molar-refractivity contribution in [3.05, 3.63) is 0 Å². The number of rotatable bonds is 1. The molecule has 0 radical (unpaired) electrons. The highest BCUT2D eigenvalue weighted by Gasteiger charge is 2.53. The third kappa shape index (κ3) is 0.941. The van der Waals surface area contributed by atoms with Gasteiger partial charge in [0.05, 0.1) is 0 Å². The molecule has 4 fully saturated rings. The first-order valence-electron chi connectivity index (χ1n) is 5.35. The number of hydrogen-bond acceptors (Lipinski definition) is 1. The summed E-state index contributed by atoms with van der Waals surface area (Å²) in [5, 5.41) is 0. The van der Waals surface area contributed by atoms with E-state index in [1.807, 2.05) is 7.11 Å². The summed E-state index contributed by atoms with van der Waals surface area (Å²) in [6.45, 7) is 0. The van der Waals surface area contributed by atoms with Crippen LogP contribution in [-0.2, 0) is 4.43 Å². The highest BCUT2D eigenvalue weighted by Crippen LogP contribution is 2.56. The fourth-order valence-electron chi connectivity index (χ4n) is 4.28. The molecule has 3 aliphatic heterocycles. The Morgan fingerprint density at radius 1 is 0.917 bits per heavy atom. The van der Waals surface area contributed by atoms with Gasteiger partial charge in [0.25, 0.3) is 0 Å². The quantitative estimate of drug-likeness (QED) is 0.566. The summed E-state index contributed by atoms with van der Waals surface area (Å²) in [7, 11) is 0.865. The molecule has 0 N–H and O–H groups in total. The molecule has 12 heavy (non-hydrogen) atoms. The molecule has 0 spiro atoms. The Morgan fingerprint density at radius 3 is 1.67 bits per heavy atom. The summed E-state index contributed by atoms with van der Waals surface area (Å²) in [5.41, 5.74) is 0. The Morgan fingerprint density at radius 2 is 1.33 bits per heavy atom. The molecule has 0 aromatic carbocycles. The lowest BCUT2D eigenvalue weighted by Crippen LogP contribution is -2.54. The van der Waals surface area contributed by atoms with Crippen LogP contribution in [0.15, 0.2) is 0 Å². The van der Waals surface area contributed by atoms with Gasteiger partial charge in [-0.25, -0.2) is 0 Å². The van der Waals surface area contributed by atoms with E-state index >= 15 is 0 Å². The van der Waals surface area contributed by atoms with E-state index in [0.717, 1.165) is 17.8 Å². The van der Waals surface area contributed by atoms with E-state index in [0.29, 0.717) is 0 Å². The average Bonchev–Trinajstić information content (AvgIpc) is 2.02. The van der Waals surface area contributed by atoms with Crippen molar-refractivity contribution in [1.82, 2.24) is 0 Å². The molecule has 3 heterocycles. The summed E-state index contributed by atoms with van der Waals surface area (Å²) in [6, 6.07) is 4.53. The second kappa shape index (κ2) is 2.35. The molecule has 4 aliphatic rings. The fourth-order valence-corrected chi connectivity index (χ4v) is 9.44. The Balaban J connectivity index is 1.90. The van der Waals surface area contributed by atoms with E-state index in [1.54, 1.807) is 19.3 Å². The topological polar surface area (TPSA) is 9.23 Å². The van der Waals surface area contributed by atoms with Crippen molar-refractivity contribution in [2.75, 3.05) is 7.11 Å². The van der Waals surface area contributed by atoms with Gasteiger partial charge in [-0.2, -0.15) is 0 Å². The molecule has 68 valence electrons. The van der Waals surface area contributed by atoms with Crippen molar-refractivity contribution < 1.29 is 4.43 Å². The number of hydrogen-bond donors (Lipinski definition) is 0. The first kappa shape index (κ1) is 7.57. The summed E-state index contributed by atoms with van der Waals surface area (Å²) >= 11 is 0. The van der Waals surface area contributed by atoms with E-state index < -0.39 is 8.32 Å². The summed E-state index contributed by atoms with van der Waals surface area (Å²) in [4.78, 5) is 0. The zero-order valence-electron chi connectivity index (χ0n) is 7.88. The maximum atomic E-state index is 5.89. The molecule has 2 heteroatoms. The van der Waals surface area contributed by atoms with E-state index in [1.165, 1.54) is 18.1 Å². The third-order valence-corrected chi connectivity index (χ3v) is 9.25. The van der Waals surface area contributed by atoms with Crippen LogP contribution >= 0.6 is 0 Å². The summed E-state index contributed by atoms with van der Waals surface area (Å²) in [5.74, 6) is 3.26. The molecule has 4 bridgehead atoms. The van der Waals surface area contributed by atoms with Crippen molar-refractivity contribution in [3.8, 4) is 0 Å². The Hall–Kier alpha value is 0.177. The predicted octanol–water partition coefficient (Wildman–Crippen LogP) is 2.64. The first-order chi connectivity index (χ1) is 5.80. The van der Waals surface area contributed by atoms with Gasteiger partial charge >= 0.3 is 0 Å². The van der Waals surface area contributed by atoms with Gasteiger partial charge in [-0.15, -0.1) is 0 Å². The lowest BCUT2D eigenvalue weighted by Gasteiger charge is -2.54. The van der Waals surface area contributed by atoms with Crippen LogP contribution in [-0.4, -0.2) is 15.4 Å². The van der Waals surface area contributed by atoms with Crippen LogP contribution in [0.3, 0.4) is 0 Å². The predicted molar refractivity (Wildman–Crippen MR) is 51.5 cm³/mol. The van der Waals surface area contributed by atoms with Gasteiger partial charge in [-0.1, -0.05) is 0 Å². The zero-order valence-corrected chi connectivity index (χ0v) is 8.88. The lowest BCUT2D eigenvalue weighted by atomic mass is 9.76. The Bertz CT molecular complexity index is 167. The molecule has 0 atom stereocenters. The van der Waals surface area contributed by atoms with Gasteiger partial charge in [-0.05, 0) is 55.1 Å². The van der Waals surface area contributed by atoms with Crippen LogP contribution in [0, 0.1) is 17.8 Å². The van der Waals surface area contributed by atoms with E-state index in [-0.39, 0.29) is 0 Å². The van der Waals surface area contributed by atoms with E-state index in [4.69, 9.17) is 4.43 Å². The fraction of sp³-hybridized carbons (Fsp3) is 1.00. The minimum atomic E-state index is -1.12. The van der Waals surface area contributed by atoms with Crippen LogP contribution < -0.4 is 0 Å². The van der Waals surface area contributed by atoms with Gasteiger partial charge < -0.3 is 4.43 Å². The van der Waals surface area contributed by atoms with Gasteiger partial charge in [-0.3, -0.25) is 0 Å². The molecule has 3 saturated heterocycles. The van der Waals surface area contributed by atoms with Crippen molar-refractivity contribution in [1.29, 1.82) is 0 Å². The Labute approximate surface area is 75.6 Å². The molecular weight excluding hydrogens is 164 g/mol. The smallest absolute Gasteiger partial charge is 0.193 e. The van der Waals surface area contributed by atoms with Crippen LogP contribution in [0.2, 0.25) is 18.1 Å². The molecule has 4 rings (SSSR count). The monoisotopic (exact) mass is 182 g/mol. The lowest BCUT2D eigenvalue weighted by molar-refractivity contribution is 0.157. The minimum Gasteiger partial charge on any atom is -0.420 e. The highest BCUT2D eigenvalue weighted by molar-refractivity contribution is 6.74. The Kier molecular flexibility index (Phi) is 1.48. The summed E-state index contributed by atoms with van der Waals surface area (Å²) in [6.07, 6.45) is 4.65. The third-order valence-electron chi connectivity index (χ3n) is 4.42. The zero-order chi connectivity index (χ0) is 8.18. The van der Waals surface area contributed by atoms with Crippen LogP contribution in [0.5, 0.6) is 0 Å². The van der Waals surface area contributed by atoms with E-state index in [9.17, 15) is 0 Å². The first-order valence-corrected chi connectivity index (χ1v) is 7.88. The molecule has 0 amide bonds. The standard InChI is InChI=1S/C10H18OSi/c1-11-12-5-8-2-9(6-12)4-10(3-8)7-12/h8-10H,2-7H2,1H3. The second-order valence-electron chi connectivity index (χ2n) is 5.30. The molecule has 1 aliphatic carbocycles. The SMILES string of the molecule is CO[Si]12CC3CC(CC(C3)C1)C2. The normalized spacial score (nSPS) is 56.2. The molecule has 1 nitrogen and oxygen atoms in total. The van der Waals surface area contributed by atoms with Crippen LogP contribution in [0.1, 0.15) is 19.3 Å². The highest BCUT2D eigenvalue weighted by atomic mass is 28.4. The maximum absolute atomic E-state index is 5.89. The van der Waals surface area contributed by atoms with Crippen molar-refractivity contribution in [2.45, 2.75) is 37.4 Å². The van der Waals surface area contributed by atoms with Gasteiger partial charge in [0.1, 0.15) is 0 Å². The van der Waals surface area contributed by atoms with Crippen molar-refractivity contribution in [2.24, 2.45) is 17.8 Å². The van der Waals surface area contributed by atoms with Crippen LogP contribution in [0.25, 0.3) is 0 Å². The maximum Gasteiger partial charge on any atom is 0.193 e. The van der Waals surface area contributed by atoms with Gasteiger partial charge in [0.15, 0.2) is 8.32 Å². The minimum absolute atomic E-state index is 1.09. The average molecular weight is 182 g/mol. The largest absolute Gasteiger partial charge is 0.420 e. The summed E-state index contributed by atoms with van der Waals surface area (Å²) < 4.78 is 5.89. The molecule has 0 aromatic rings. The molecule has 1 saturated carbocycles. The van der Waals surface area contributed by atoms with Gasteiger partial charge in [0, 0.05) is 7.11 Å². The molecule has 0 aromatic heterocycles. The van der Waals surface area contributed by atoms with Crippen molar-refractivity contribution >= 4 is 8.32 Å². The van der Waals surface area contributed by atoms with E-state index in [2.05, 4.69) is 0 Å². The van der Waals surface area contributed by atoms with Crippen LogP contribution in [0.4, 0.5) is 0 Å². The molecule has 0 unspecified atom stereocenters. The van der Waals surface area contributed by atoms with Crippen molar-refractivity contribution in [3.63, 3.8) is 0 Å².